The number of halogens is 1. The number of hydrogen-bond donors (Lipinski definition) is 1. The van der Waals surface area contributed by atoms with E-state index in [1.165, 1.54) is 0 Å². The van der Waals surface area contributed by atoms with Crippen molar-refractivity contribution in [2.24, 2.45) is 0 Å². The molecule has 0 fully saturated rings. The first-order valence-corrected chi connectivity index (χ1v) is 6.26. The van der Waals surface area contributed by atoms with Gasteiger partial charge in [0.05, 0.1) is 12.0 Å². The first-order chi connectivity index (χ1) is 8.20. The molecule has 4 heteroatoms. The lowest BCUT2D eigenvalue weighted by Gasteiger charge is -2.09. The Balaban J connectivity index is 2.34. The number of hydrogen-bond acceptors (Lipinski definition) is 3. The summed E-state index contributed by atoms with van der Waals surface area (Å²) < 4.78 is 5.29. The molecule has 2 aromatic rings. The molecule has 0 saturated heterocycles. The summed E-state index contributed by atoms with van der Waals surface area (Å²) in [5.41, 5.74) is 6.62. The molecular weight excluding hydrogens is 254 g/mol. The van der Waals surface area contributed by atoms with Gasteiger partial charge in [0.15, 0.2) is 0 Å². The van der Waals surface area contributed by atoms with Crippen LogP contribution in [0.3, 0.4) is 0 Å². The highest BCUT2D eigenvalue weighted by Gasteiger charge is 2.07. The summed E-state index contributed by atoms with van der Waals surface area (Å²) in [4.78, 5) is 1.95. The Bertz CT molecular complexity index is 531. The van der Waals surface area contributed by atoms with Gasteiger partial charge in [0, 0.05) is 15.6 Å². The molecule has 0 aromatic heterocycles. The van der Waals surface area contributed by atoms with Crippen molar-refractivity contribution in [3.05, 3.63) is 47.5 Å². The lowest BCUT2D eigenvalue weighted by atomic mass is 10.3. The molecule has 0 atom stereocenters. The second kappa shape index (κ2) is 5.34. The molecule has 88 valence electrons. The second-order valence-corrected chi connectivity index (χ2v) is 4.96. The van der Waals surface area contributed by atoms with Crippen LogP contribution in [0.15, 0.2) is 52.3 Å². The van der Waals surface area contributed by atoms with Crippen LogP contribution in [0.5, 0.6) is 5.75 Å². The molecule has 0 unspecified atom stereocenters. The van der Waals surface area contributed by atoms with Gasteiger partial charge in [-0.25, -0.2) is 0 Å². The van der Waals surface area contributed by atoms with Gasteiger partial charge < -0.3 is 10.5 Å². The van der Waals surface area contributed by atoms with Crippen LogP contribution in [0.25, 0.3) is 0 Å². The zero-order valence-electron chi connectivity index (χ0n) is 9.31. The average Bonchev–Trinajstić information content (AvgIpc) is 2.34. The molecule has 17 heavy (non-hydrogen) atoms. The van der Waals surface area contributed by atoms with Crippen molar-refractivity contribution in [1.29, 1.82) is 0 Å². The quantitative estimate of drug-likeness (QED) is 0.850. The third-order valence-electron chi connectivity index (χ3n) is 2.26. The molecule has 0 aliphatic heterocycles. The van der Waals surface area contributed by atoms with Gasteiger partial charge in [-0.05, 0) is 30.3 Å². The first-order valence-electron chi connectivity index (χ1n) is 5.06. The summed E-state index contributed by atoms with van der Waals surface area (Å²) in [7, 11) is 1.65. The maximum absolute atomic E-state index is 5.96. The maximum atomic E-state index is 5.96. The van der Waals surface area contributed by atoms with Crippen LogP contribution in [0.1, 0.15) is 0 Å². The number of para-hydroxylation sites is 1. The molecule has 0 amide bonds. The summed E-state index contributed by atoms with van der Waals surface area (Å²) in [6.07, 6.45) is 0. The number of benzene rings is 2. The maximum Gasteiger partial charge on any atom is 0.132 e. The standard InChI is InChI=1S/C13H12ClNOS/c1-16-11-4-2-3-5-12(11)17-13-8-9(14)6-7-10(13)15/h2-8H,15H2,1H3. The number of ether oxygens (including phenoxy) is 1. The molecule has 0 aliphatic rings. The van der Waals surface area contributed by atoms with Crippen LogP contribution in [0.4, 0.5) is 5.69 Å². The van der Waals surface area contributed by atoms with Crippen molar-refractivity contribution in [2.75, 3.05) is 12.8 Å². The van der Waals surface area contributed by atoms with Crippen molar-refractivity contribution in [2.45, 2.75) is 9.79 Å². The molecule has 2 nitrogen and oxygen atoms in total. The smallest absolute Gasteiger partial charge is 0.132 e. The summed E-state index contributed by atoms with van der Waals surface area (Å²) in [6, 6.07) is 13.2. The Morgan fingerprint density at radius 3 is 2.65 bits per heavy atom. The largest absolute Gasteiger partial charge is 0.496 e. The van der Waals surface area contributed by atoms with E-state index in [9.17, 15) is 0 Å². The zero-order chi connectivity index (χ0) is 12.3. The van der Waals surface area contributed by atoms with E-state index < -0.39 is 0 Å². The van der Waals surface area contributed by atoms with E-state index in [1.807, 2.05) is 30.3 Å². The third-order valence-corrected chi connectivity index (χ3v) is 3.63. The Kier molecular flexibility index (Phi) is 3.82. The van der Waals surface area contributed by atoms with Crippen LogP contribution in [-0.4, -0.2) is 7.11 Å². The topological polar surface area (TPSA) is 35.2 Å². The van der Waals surface area contributed by atoms with Gasteiger partial charge in [-0.1, -0.05) is 35.5 Å². The number of nitrogen functional groups attached to an aromatic ring is 1. The van der Waals surface area contributed by atoms with Crippen molar-refractivity contribution >= 4 is 29.1 Å². The molecule has 2 N–H and O–H groups in total. The number of anilines is 1. The number of methoxy groups -OCH3 is 1. The predicted octanol–water partition coefficient (Wildman–Crippen LogP) is 4.08. The molecule has 0 saturated carbocycles. The second-order valence-electron chi connectivity index (χ2n) is 3.44. The molecule has 0 radical (unpaired) electrons. The van der Waals surface area contributed by atoms with E-state index in [0.29, 0.717) is 10.7 Å². The van der Waals surface area contributed by atoms with Crippen LogP contribution in [-0.2, 0) is 0 Å². The number of rotatable bonds is 3. The van der Waals surface area contributed by atoms with E-state index >= 15 is 0 Å². The van der Waals surface area contributed by atoms with E-state index in [0.717, 1.165) is 15.5 Å². The summed E-state index contributed by atoms with van der Waals surface area (Å²) in [5, 5.41) is 0.677. The molecule has 0 heterocycles. The van der Waals surface area contributed by atoms with E-state index in [4.69, 9.17) is 22.1 Å². The molecule has 0 bridgehead atoms. The van der Waals surface area contributed by atoms with Crippen LogP contribution >= 0.6 is 23.4 Å². The minimum atomic E-state index is 0.677. The Morgan fingerprint density at radius 1 is 1.12 bits per heavy atom. The summed E-state index contributed by atoms with van der Waals surface area (Å²) >= 11 is 7.50. The van der Waals surface area contributed by atoms with Gasteiger partial charge in [-0.3, -0.25) is 0 Å². The molecule has 0 spiro atoms. The van der Waals surface area contributed by atoms with Crippen LogP contribution in [0.2, 0.25) is 5.02 Å². The minimum Gasteiger partial charge on any atom is -0.496 e. The van der Waals surface area contributed by atoms with Crippen molar-refractivity contribution in [3.8, 4) is 5.75 Å². The van der Waals surface area contributed by atoms with E-state index in [-0.39, 0.29) is 0 Å². The molecule has 2 aromatic carbocycles. The highest BCUT2D eigenvalue weighted by atomic mass is 35.5. The van der Waals surface area contributed by atoms with Crippen molar-refractivity contribution in [1.82, 2.24) is 0 Å². The fourth-order valence-electron chi connectivity index (χ4n) is 1.42. The van der Waals surface area contributed by atoms with Crippen molar-refractivity contribution in [3.63, 3.8) is 0 Å². The summed E-state index contributed by atoms with van der Waals surface area (Å²) in [5.74, 6) is 0.830. The zero-order valence-corrected chi connectivity index (χ0v) is 10.9. The third kappa shape index (κ3) is 2.87. The van der Waals surface area contributed by atoms with E-state index in [1.54, 1.807) is 31.0 Å². The van der Waals surface area contributed by atoms with Gasteiger partial charge >= 0.3 is 0 Å². The van der Waals surface area contributed by atoms with Gasteiger partial charge in [0.25, 0.3) is 0 Å². The van der Waals surface area contributed by atoms with Crippen LogP contribution < -0.4 is 10.5 Å². The fourth-order valence-corrected chi connectivity index (χ4v) is 2.66. The van der Waals surface area contributed by atoms with Gasteiger partial charge in [-0.2, -0.15) is 0 Å². The molecule has 0 aliphatic carbocycles. The normalized spacial score (nSPS) is 10.2. The van der Waals surface area contributed by atoms with Gasteiger partial charge in [0.1, 0.15) is 5.75 Å². The monoisotopic (exact) mass is 265 g/mol. The molecular formula is C13H12ClNOS. The fraction of sp³-hybridized carbons (Fsp3) is 0.0769. The molecule has 2 rings (SSSR count). The van der Waals surface area contributed by atoms with Gasteiger partial charge in [0.2, 0.25) is 0 Å². The Hall–Kier alpha value is -1.32. The Morgan fingerprint density at radius 2 is 1.88 bits per heavy atom. The number of nitrogens with two attached hydrogens (primary N) is 1. The summed E-state index contributed by atoms with van der Waals surface area (Å²) in [6.45, 7) is 0. The SMILES string of the molecule is COc1ccccc1Sc1cc(Cl)ccc1N. The van der Waals surface area contributed by atoms with Crippen LogP contribution in [0, 0.1) is 0 Å². The van der Waals surface area contributed by atoms with Gasteiger partial charge in [-0.15, -0.1) is 0 Å². The van der Waals surface area contributed by atoms with Crippen molar-refractivity contribution < 1.29 is 4.74 Å². The average molecular weight is 266 g/mol. The minimum absolute atomic E-state index is 0.677. The lowest BCUT2D eigenvalue weighted by Crippen LogP contribution is -1.89. The lowest BCUT2D eigenvalue weighted by molar-refractivity contribution is 0.405. The van der Waals surface area contributed by atoms with E-state index in [2.05, 4.69) is 0 Å². The Labute approximate surface area is 110 Å². The highest BCUT2D eigenvalue weighted by molar-refractivity contribution is 7.99. The highest BCUT2D eigenvalue weighted by Crippen LogP contribution is 2.38. The first kappa shape index (κ1) is 12.1. The predicted molar refractivity (Wildman–Crippen MR) is 73.0 cm³/mol.